The normalized spacial score (nSPS) is 10.3. The van der Waals surface area contributed by atoms with Gasteiger partial charge in [-0.3, -0.25) is 0 Å². The Morgan fingerprint density at radius 1 is 1.28 bits per heavy atom. The molecule has 2 aromatic heterocycles. The number of hydrogen-bond donors (Lipinski definition) is 2. The summed E-state index contributed by atoms with van der Waals surface area (Å²) in [4.78, 5) is 14.1. The first-order valence-electron chi connectivity index (χ1n) is 6.00. The number of aromatic nitrogens is 3. The minimum Gasteiger partial charge on any atom is -0.363 e. The van der Waals surface area contributed by atoms with Gasteiger partial charge in [-0.15, -0.1) is 11.3 Å². The van der Waals surface area contributed by atoms with Crippen LogP contribution in [0.2, 0.25) is 0 Å². The number of thiazole rings is 1. The largest absolute Gasteiger partial charge is 0.363 e. The first-order chi connectivity index (χ1) is 8.78. The zero-order valence-electron chi connectivity index (χ0n) is 10.6. The van der Waals surface area contributed by atoms with Gasteiger partial charge >= 0.3 is 0 Å². The summed E-state index contributed by atoms with van der Waals surface area (Å²) < 4.78 is 0. The van der Waals surface area contributed by atoms with Crippen molar-refractivity contribution in [2.75, 3.05) is 17.2 Å². The molecule has 0 aliphatic rings. The SMILES string of the molecule is CCCNc1nccc(NCc2ncc(C)s2)n1. The van der Waals surface area contributed by atoms with E-state index in [1.54, 1.807) is 17.5 Å². The molecule has 0 radical (unpaired) electrons. The molecule has 2 heterocycles. The molecule has 2 rings (SSSR count). The molecule has 0 aromatic carbocycles. The summed E-state index contributed by atoms with van der Waals surface area (Å²) in [5.41, 5.74) is 0. The summed E-state index contributed by atoms with van der Waals surface area (Å²) in [6.45, 7) is 5.75. The van der Waals surface area contributed by atoms with Crippen LogP contribution < -0.4 is 10.6 Å². The lowest BCUT2D eigenvalue weighted by molar-refractivity contribution is 0.949. The fourth-order valence-corrected chi connectivity index (χ4v) is 2.16. The van der Waals surface area contributed by atoms with E-state index < -0.39 is 0 Å². The number of aryl methyl sites for hydroxylation is 1. The monoisotopic (exact) mass is 263 g/mol. The highest BCUT2D eigenvalue weighted by molar-refractivity contribution is 7.11. The lowest BCUT2D eigenvalue weighted by Gasteiger charge is -2.06. The van der Waals surface area contributed by atoms with Gasteiger partial charge in [0, 0.05) is 23.8 Å². The Morgan fingerprint density at radius 3 is 2.89 bits per heavy atom. The molecule has 2 aromatic rings. The van der Waals surface area contributed by atoms with Crippen LogP contribution in [0.1, 0.15) is 23.2 Å². The number of nitrogens with one attached hydrogen (secondary N) is 2. The number of rotatable bonds is 6. The Hall–Kier alpha value is -1.69. The molecule has 0 saturated carbocycles. The lowest BCUT2D eigenvalue weighted by atomic mass is 10.5. The van der Waals surface area contributed by atoms with Crippen LogP contribution in [0.3, 0.4) is 0 Å². The second kappa shape index (κ2) is 6.30. The molecular weight excluding hydrogens is 246 g/mol. The van der Waals surface area contributed by atoms with Gasteiger partial charge in [0.05, 0.1) is 6.54 Å². The second-order valence-electron chi connectivity index (χ2n) is 3.91. The highest BCUT2D eigenvalue weighted by atomic mass is 32.1. The lowest BCUT2D eigenvalue weighted by Crippen LogP contribution is -2.07. The molecule has 0 fully saturated rings. The van der Waals surface area contributed by atoms with Gasteiger partial charge < -0.3 is 10.6 Å². The van der Waals surface area contributed by atoms with Crippen molar-refractivity contribution in [1.82, 2.24) is 15.0 Å². The van der Waals surface area contributed by atoms with Gasteiger partial charge in [-0.1, -0.05) is 6.92 Å². The molecule has 0 amide bonds. The van der Waals surface area contributed by atoms with E-state index in [-0.39, 0.29) is 0 Å². The minimum atomic E-state index is 0.664. The van der Waals surface area contributed by atoms with Crippen LogP contribution in [0.4, 0.5) is 11.8 Å². The van der Waals surface area contributed by atoms with Crippen molar-refractivity contribution in [3.05, 3.63) is 28.3 Å². The van der Waals surface area contributed by atoms with E-state index in [9.17, 15) is 0 Å². The molecule has 5 nitrogen and oxygen atoms in total. The van der Waals surface area contributed by atoms with Crippen molar-refractivity contribution in [1.29, 1.82) is 0 Å². The molecular formula is C12H17N5S. The highest BCUT2D eigenvalue weighted by Gasteiger charge is 2.01. The van der Waals surface area contributed by atoms with Crippen molar-refractivity contribution in [3.8, 4) is 0 Å². The van der Waals surface area contributed by atoms with Crippen LogP contribution in [-0.4, -0.2) is 21.5 Å². The Balaban J connectivity index is 1.92. The first-order valence-corrected chi connectivity index (χ1v) is 6.81. The summed E-state index contributed by atoms with van der Waals surface area (Å²) in [5.74, 6) is 1.48. The molecule has 0 aliphatic carbocycles. The summed E-state index contributed by atoms with van der Waals surface area (Å²) in [7, 11) is 0. The second-order valence-corrected chi connectivity index (χ2v) is 5.23. The number of nitrogens with zero attached hydrogens (tertiary/aromatic N) is 3. The van der Waals surface area contributed by atoms with Crippen LogP contribution in [0.25, 0.3) is 0 Å². The Labute approximate surface area is 111 Å². The summed E-state index contributed by atoms with van der Waals surface area (Å²) >= 11 is 1.69. The van der Waals surface area contributed by atoms with Crippen LogP contribution in [-0.2, 0) is 6.54 Å². The van der Waals surface area contributed by atoms with E-state index >= 15 is 0 Å². The molecule has 0 bridgehead atoms. The Morgan fingerprint density at radius 2 is 2.17 bits per heavy atom. The van der Waals surface area contributed by atoms with Crippen molar-refractivity contribution >= 4 is 23.1 Å². The first kappa shape index (κ1) is 12.8. The quantitative estimate of drug-likeness (QED) is 0.839. The maximum atomic E-state index is 4.38. The predicted octanol–water partition coefficient (Wildman–Crippen LogP) is 2.68. The maximum absolute atomic E-state index is 4.38. The molecule has 0 spiro atoms. The molecule has 0 unspecified atom stereocenters. The van der Waals surface area contributed by atoms with Crippen LogP contribution in [0, 0.1) is 6.92 Å². The zero-order chi connectivity index (χ0) is 12.8. The summed E-state index contributed by atoms with van der Waals surface area (Å²) in [6.07, 6.45) is 4.69. The fraction of sp³-hybridized carbons (Fsp3) is 0.417. The van der Waals surface area contributed by atoms with Gasteiger partial charge in [-0.25, -0.2) is 9.97 Å². The van der Waals surface area contributed by atoms with E-state index in [1.165, 1.54) is 4.88 Å². The van der Waals surface area contributed by atoms with E-state index in [0.29, 0.717) is 12.5 Å². The zero-order valence-corrected chi connectivity index (χ0v) is 11.4. The molecule has 96 valence electrons. The fourth-order valence-electron chi connectivity index (χ4n) is 1.43. The van der Waals surface area contributed by atoms with Gasteiger partial charge in [0.15, 0.2) is 0 Å². The van der Waals surface area contributed by atoms with Gasteiger partial charge in [0.25, 0.3) is 0 Å². The van der Waals surface area contributed by atoms with E-state index in [4.69, 9.17) is 0 Å². The highest BCUT2D eigenvalue weighted by Crippen LogP contribution is 2.13. The van der Waals surface area contributed by atoms with Gasteiger partial charge in [0.2, 0.25) is 5.95 Å². The topological polar surface area (TPSA) is 62.7 Å². The third-order valence-electron chi connectivity index (χ3n) is 2.28. The maximum Gasteiger partial charge on any atom is 0.224 e. The molecule has 18 heavy (non-hydrogen) atoms. The van der Waals surface area contributed by atoms with E-state index in [2.05, 4.69) is 39.4 Å². The van der Waals surface area contributed by atoms with Gasteiger partial charge in [-0.2, -0.15) is 4.98 Å². The average Bonchev–Trinajstić information content (AvgIpc) is 2.80. The summed E-state index contributed by atoms with van der Waals surface area (Å²) in [5, 5.41) is 7.47. The van der Waals surface area contributed by atoms with Crippen LogP contribution >= 0.6 is 11.3 Å². The molecule has 2 N–H and O–H groups in total. The number of hydrogen-bond acceptors (Lipinski definition) is 6. The van der Waals surface area contributed by atoms with Crippen molar-refractivity contribution in [2.45, 2.75) is 26.8 Å². The standard InChI is InChI=1S/C12H17N5S/c1-3-5-13-12-14-6-4-10(17-12)15-8-11-16-7-9(2)18-11/h4,6-7H,3,5,8H2,1-2H3,(H2,13,14,15,17). The average molecular weight is 263 g/mol. The number of anilines is 2. The van der Waals surface area contributed by atoms with Gasteiger partial charge in [0.1, 0.15) is 10.8 Å². The van der Waals surface area contributed by atoms with E-state index in [1.807, 2.05) is 12.3 Å². The Bertz CT molecular complexity index is 497. The van der Waals surface area contributed by atoms with Crippen molar-refractivity contribution < 1.29 is 0 Å². The van der Waals surface area contributed by atoms with Crippen molar-refractivity contribution in [2.24, 2.45) is 0 Å². The molecule has 0 atom stereocenters. The van der Waals surface area contributed by atoms with Crippen molar-refractivity contribution in [3.63, 3.8) is 0 Å². The van der Waals surface area contributed by atoms with Crippen LogP contribution in [0.15, 0.2) is 18.5 Å². The Kier molecular flexibility index (Phi) is 4.46. The van der Waals surface area contributed by atoms with E-state index in [0.717, 1.165) is 23.8 Å². The molecule has 0 saturated heterocycles. The smallest absolute Gasteiger partial charge is 0.224 e. The molecule has 6 heteroatoms. The predicted molar refractivity (Wildman–Crippen MR) is 75.0 cm³/mol. The minimum absolute atomic E-state index is 0.664. The third kappa shape index (κ3) is 3.66. The van der Waals surface area contributed by atoms with Crippen LogP contribution in [0.5, 0.6) is 0 Å². The molecule has 0 aliphatic heterocycles. The van der Waals surface area contributed by atoms with Gasteiger partial charge in [-0.05, 0) is 19.4 Å². The summed E-state index contributed by atoms with van der Waals surface area (Å²) in [6, 6.07) is 1.86. The third-order valence-corrected chi connectivity index (χ3v) is 3.19.